The van der Waals surface area contributed by atoms with Crippen LogP contribution in [0.1, 0.15) is 19.4 Å². The highest BCUT2D eigenvalue weighted by Gasteiger charge is 2.23. The fraction of sp³-hybridized carbons (Fsp3) is 0.417. The maximum Gasteiger partial charge on any atom is 0.321 e. The molecule has 0 saturated heterocycles. The van der Waals surface area contributed by atoms with Gasteiger partial charge in [-0.3, -0.25) is 4.79 Å². The molecule has 4 heteroatoms. The third-order valence-corrected chi connectivity index (χ3v) is 3.89. The van der Waals surface area contributed by atoms with Crippen LogP contribution < -0.4 is 5.73 Å². The largest absolute Gasteiger partial charge is 0.480 e. The number of rotatable bonds is 5. The van der Waals surface area contributed by atoms with Crippen molar-refractivity contribution in [1.29, 1.82) is 0 Å². The molecule has 1 rings (SSSR count). The molecular weight excluding hydrogens is 222 g/mol. The van der Waals surface area contributed by atoms with Crippen LogP contribution in [0.3, 0.4) is 0 Å². The summed E-state index contributed by atoms with van der Waals surface area (Å²) >= 11 is 1.56. The van der Waals surface area contributed by atoms with Crippen LogP contribution in [-0.4, -0.2) is 22.9 Å². The lowest BCUT2D eigenvalue weighted by atomic mass is 10.0. The summed E-state index contributed by atoms with van der Waals surface area (Å²) in [6.45, 7) is 4.14. The average Bonchev–Trinajstić information content (AvgIpc) is 2.27. The van der Waals surface area contributed by atoms with E-state index >= 15 is 0 Å². The van der Waals surface area contributed by atoms with E-state index in [4.69, 9.17) is 10.8 Å². The highest BCUT2D eigenvalue weighted by molar-refractivity contribution is 8.00. The van der Waals surface area contributed by atoms with E-state index in [0.717, 1.165) is 0 Å². The third-order valence-electron chi connectivity index (χ3n) is 2.41. The second kappa shape index (κ2) is 5.37. The Morgan fingerprint density at radius 3 is 2.50 bits per heavy atom. The lowest BCUT2D eigenvalue weighted by Crippen LogP contribution is -2.34. The molecule has 3 N–H and O–H groups in total. The molecule has 3 nitrogen and oxygen atoms in total. The van der Waals surface area contributed by atoms with Gasteiger partial charge in [-0.15, -0.1) is 11.8 Å². The molecule has 0 saturated carbocycles. The van der Waals surface area contributed by atoms with Crippen LogP contribution in [0.5, 0.6) is 0 Å². The van der Waals surface area contributed by atoms with Crippen LogP contribution in [0, 0.1) is 0 Å². The molecule has 0 spiro atoms. The molecule has 0 bridgehead atoms. The molecule has 1 aromatic carbocycles. The Labute approximate surface area is 100 Å². The minimum absolute atomic E-state index is 0.117. The van der Waals surface area contributed by atoms with Crippen LogP contribution in [0.2, 0.25) is 0 Å². The number of carboxylic acids is 1. The van der Waals surface area contributed by atoms with Gasteiger partial charge in [-0.05, 0) is 19.4 Å². The Kier molecular flexibility index (Phi) is 4.38. The predicted molar refractivity (Wildman–Crippen MR) is 67.5 cm³/mol. The van der Waals surface area contributed by atoms with Gasteiger partial charge in [-0.1, -0.05) is 30.3 Å². The molecule has 0 aliphatic heterocycles. The summed E-state index contributed by atoms with van der Waals surface area (Å²) in [5.74, 6) is -0.534. The highest BCUT2D eigenvalue weighted by atomic mass is 32.2. The zero-order valence-corrected chi connectivity index (χ0v) is 10.3. The van der Waals surface area contributed by atoms with Gasteiger partial charge < -0.3 is 10.8 Å². The Morgan fingerprint density at radius 1 is 1.44 bits per heavy atom. The molecule has 0 fully saturated rings. The monoisotopic (exact) mass is 239 g/mol. The van der Waals surface area contributed by atoms with Crippen molar-refractivity contribution in [2.75, 3.05) is 5.75 Å². The van der Waals surface area contributed by atoms with E-state index in [9.17, 15) is 4.79 Å². The van der Waals surface area contributed by atoms with Crippen molar-refractivity contribution in [3.05, 3.63) is 35.9 Å². The maximum atomic E-state index is 10.6. The molecule has 88 valence electrons. The Morgan fingerprint density at radius 2 is 2.00 bits per heavy atom. The smallest absolute Gasteiger partial charge is 0.321 e. The van der Waals surface area contributed by atoms with E-state index < -0.39 is 12.0 Å². The van der Waals surface area contributed by atoms with Crippen molar-refractivity contribution in [1.82, 2.24) is 0 Å². The third kappa shape index (κ3) is 3.54. The quantitative estimate of drug-likeness (QED) is 0.825. The molecule has 0 unspecified atom stereocenters. The molecular formula is C12H17NO2S. The van der Waals surface area contributed by atoms with Gasteiger partial charge in [0.2, 0.25) is 0 Å². The fourth-order valence-corrected chi connectivity index (χ4v) is 2.33. The summed E-state index contributed by atoms with van der Waals surface area (Å²) < 4.78 is -0.117. The van der Waals surface area contributed by atoms with Gasteiger partial charge in [-0.2, -0.15) is 0 Å². The Balaban J connectivity index is 2.62. The van der Waals surface area contributed by atoms with Gasteiger partial charge >= 0.3 is 5.97 Å². The molecule has 1 atom stereocenters. The van der Waals surface area contributed by atoms with E-state index in [2.05, 4.69) is 13.8 Å². The van der Waals surface area contributed by atoms with Gasteiger partial charge in [0.25, 0.3) is 0 Å². The summed E-state index contributed by atoms with van der Waals surface area (Å²) in [7, 11) is 0. The zero-order chi connectivity index (χ0) is 12.2. The number of hydrogen-bond donors (Lipinski definition) is 2. The van der Waals surface area contributed by atoms with Crippen LogP contribution in [0.4, 0.5) is 0 Å². The predicted octanol–water partition coefficient (Wildman–Crippen LogP) is 2.07. The van der Waals surface area contributed by atoms with Crippen molar-refractivity contribution in [3.8, 4) is 0 Å². The van der Waals surface area contributed by atoms with E-state index in [0.29, 0.717) is 5.75 Å². The first-order valence-corrected chi connectivity index (χ1v) is 6.10. The zero-order valence-electron chi connectivity index (χ0n) is 9.51. The minimum atomic E-state index is -0.948. The summed E-state index contributed by atoms with van der Waals surface area (Å²) in [6, 6.07) is 9.21. The van der Waals surface area contributed by atoms with Crippen molar-refractivity contribution in [3.63, 3.8) is 0 Å². The summed E-state index contributed by atoms with van der Waals surface area (Å²) in [5, 5.41) is 8.71. The van der Waals surface area contributed by atoms with Crippen LogP contribution in [-0.2, 0) is 9.54 Å². The highest BCUT2D eigenvalue weighted by Crippen LogP contribution is 2.35. The number of aliphatic carboxylic acids is 1. The fourth-order valence-electron chi connectivity index (χ4n) is 1.29. The van der Waals surface area contributed by atoms with Gasteiger partial charge in [0.15, 0.2) is 0 Å². The van der Waals surface area contributed by atoms with Gasteiger partial charge in [0.05, 0.1) is 0 Å². The van der Waals surface area contributed by atoms with E-state index in [1.807, 2.05) is 30.3 Å². The molecule has 0 heterocycles. The minimum Gasteiger partial charge on any atom is -0.480 e. The van der Waals surface area contributed by atoms with Crippen LogP contribution in [0.15, 0.2) is 30.3 Å². The van der Waals surface area contributed by atoms with Gasteiger partial charge in [-0.25, -0.2) is 0 Å². The lowest BCUT2D eigenvalue weighted by Gasteiger charge is -2.25. The van der Waals surface area contributed by atoms with Crippen molar-refractivity contribution < 1.29 is 9.90 Å². The first kappa shape index (κ1) is 13.1. The van der Waals surface area contributed by atoms with Crippen molar-refractivity contribution >= 4 is 17.7 Å². The standard InChI is InChI=1S/C12H17NO2S/c1-12(2,9-6-4-3-5-7-9)16-8-10(13)11(14)15/h3-7,10H,8,13H2,1-2H3,(H,14,15)/t10-/m0/s1. The van der Waals surface area contributed by atoms with E-state index in [-0.39, 0.29) is 4.75 Å². The van der Waals surface area contributed by atoms with Crippen LogP contribution >= 0.6 is 11.8 Å². The van der Waals surface area contributed by atoms with Crippen molar-refractivity contribution in [2.24, 2.45) is 5.73 Å². The van der Waals surface area contributed by atoms with Crippen LogP contribution in [0.25, 0.3) is 0 Å². The number of hydrogen-bond acceptors (Lipinski definition) is 3. The molecule has 0 radical (unpaired) electrons. The second-order valence-electron chi connectivity index (χ2n) is 4.13. The summed E-state index contributed by atoms with van der Waals surface area (Å²) in [4.78, 5) is 10.6. The Hall–Kier alpha value is -1.00. The number of thioether (sulfide) groups is 1. The number of carbonyl (C=O) groups is 1. The molecule has 1 aromatic rings. The summed E-state index contributed by atoms with van der Waals surface area (Å²) in [5.41, 5.74) is 6.66. The second-order valence-corrected chi connectivity index (χ2v) is 5.77. The van der Waals surface area contributed by atoms with E-state index in [1.165, 1.54) is 5.56 Å². The normalized spacial score (nSPS) is 13.4. The topological polar surface area (TPSA) is 63.3 Å². The first-order valence-electron chi connectivity index (χ1n) is 5.11. The first-order chi connectivity index (χ1) is 7.43. The SMILES string of the molecule is CC(C)(SC[C@H](N)C(=O)O)c1ccccc1. The lowest BCUT2D eigenvalue weighted by molar-refractivity contribution is -0.137. The summed E-state index contributed by atoms with van der Waals surface area (Å²) in [6.07, 6.45) is 0. The number of carboxylic acid groups (broad SMARTS) is 1. The molecule has 0 aromatic heterocycles. The van der Waals surface area contributed by atoms with Crippen molar-refractivity contribution in [2.45, 2.75) is 24.6 Å². The van der Waals surface area contributed by atoms with Gasteiger partial charge in [0, 0.05) is 10.5 Å². The molecule has 0 aliphatic rings. The molecule has 0 amide bonds. The maximum absolute atomic E-state index is 10.6. The molecule has 0 aliphatic carbocycles. The Bertz CT molecular complexity index is 351. The molecule has 16 heavy (non-hydrogen) atoms. The number of benzene rings is 1. The average molecular weight is 239 g/mol. The number of nitrogens with two attached hydrogens (primary N) is 1. The van der Waals surface area contributed by atoms with E-state index in [1.54, 1.807) is 11.8 Å². The van der Waals surface area contributed by atoms with Gasteiger partial charge in [0.1, 0.15) is 6.04 Å².